The highest BCUT2D eigenvalue weighted by Gasteiger charge is 2.36. The molecule has 1 unspecified atom stereocenters. The van der Waals surface area contributed by atoms with Gasteiger partial charge in [0.25, 0.3) is 0 Å². The number of benzene rings is 1. The van der Waals surface area contributed by atoms with Crippen molar-refractivity contribution in [1.29, 1.82) is 0 Å². The lowest BCUT2D eigenvalue weighted by atomic mass is 10.1. The third-order valence-electron chi connectivity index (χ3n) is 3.94. The third-order valence-corrected chi connectivity index (χ3v) is 3.94. The van der Waals surface area contributed by atoms with E-state index < -0.39 is 6.23 Å². The van der Waals surface area contributed by atoms with Crippen LogP contribution in [-0.2, 0) is 11.1 Å². The van der Waals surface area contributed by atoms with Gasteiger partial charge in [-0.25, -0.2) is 9.13 Å². The van der Waals surface area contributed by atoms with E-state index in [9.17, 15) is 5.11 Å². The zero-order chi connectivity index (χ0) is 18.1. The van der Waals surface area contributed by atoms with E-state index in [0.29, 0.717) is 0 Å². The molecule has 0 spiro atoms. The smallest absolute Gasteiger partial charge is 0.307 e. The van der Waals surface area contributed by atoms with Crippen molar-refractivity contribution in [2.24, 2.45) is 0 Å². The second-order valence-corrected chi connectivity index (χ2v) is 8.01. The Morgan fingerprint density at radius 1 is 1.08 bits per heavy atom. The van der Waals surface area contributed by atoms with Crippen LogP contribution in [0.25, 0.3) is 0 Å². The average molecular weight is 332 g/mol. The van der Waals surface area contributed by atoms with Crippen molar-refractivity contribution >= 4 is 5.69 Å². The van der Waals surface area contributed by atoms with Crippen LogP contribution >= 0.6 is 0 Å². The monoisotopic (exact) mass is 332 g/mol. The lowest BCUT2D eigenvalue weighted by Crippen LogP contribution is -2.54. The number of aliphatic hydroxyl groups is 1. The number of anilines is 1. The number of nitrogens with one attached hydrogen (secondary N) is 1. The van der Waals surface area contributed by atoms with E-state index in [1.165, 1.54) is 0 Å². The SMILES string of the molecule is COc1ccc(NC(O)c2n(C(C)(C)C)cc[n+]2C(C)(C)C)cc1. The predicted molar refractivity (Wildman–Crippen MR) is 96.2 cm³/mol. The van der Waals surface area contributed by atoms with Crippen molar-refractivity contribution < 1.29 is 14.4 Å². The first-order chi connectivity index (χ1) is 11.0. The molecule has 0 bridgehead atoms. The molecule has 0 amide bonds. The highest BCUT2D eigenvalue weighted by Crippen LogP contribution is 2.24. The number of hydrogen-bond acceptors (Lipinski definition) is 3. The fourth-order valence-corrected chi connectivity index (χ4v) is 2.71. The molecule has 1 heterocycles. The van der Waals surface area contributed by atoms with E-state index >= 15 is 0 Å². The van der Waals surface area contributed by atoms with E-state index in [0.717, 1.165) is 17.3 Å². The Morgan fingerprint density at radius 3 is 2.12 bits per heavy atom. The van der Waals surface area contributed by atoms with Gasteiger partial charge in [0.05, 0.1) is 7.11 Å². The van der Waals surface area contributed by atoms with Crippen LogP contribution < -0.4 is 14.6 Å². The summed E-state index contributed by atoms with van der Waals surface area (Å²) >= 11 is 0. The molecule has 1 aromatic carbocycles. The van der Waals surface area contributed by atoms with Crippen LogP contribution in [-0.4, -0.2) is 16.8 Å². The van der Waals surface area contributed by atoms with Gasteiger partial charge in [0.1, 0.15) is 29.2 Å². The minimum absolute atomic E-state index is 0.131. The first-order valence-electron chi connectivity index (χ1n) is 8.26. The summed E-state index contributed by atoms with van der Waals surface area (Å²) < 4.78 is 9.40. The highest BCUT2D eigenvalue weighted by atomic mass is 16.5. The molecule has 2 aromatic rings. The number of rotatable bonds is 4. The van der Waals surface area contributed by atoms with Crippen molar-refractivity contribution in [3.63, 3.8) is 0 Å². The van der Waals surface area contributed by atoms with E-state index in [-0.39, 0.29) is 11.1 Å². The Bertz CT molecular complexity index is 645. The number of nitrogens with zero attached hydrogens (tertiary/aromatic N) is 2. The van der Waals surface area contributed by atoms with E-state index in [2.05, 4.69) is 56.0 Å². The third kappa shape index (κ3) is 3.90. The summed E-state index contributed by atoms with van der Waals surface area (Å²) in [6.07, 6.45) is 3.23. The topological polar surface area (TPSA) is 50.3 Å². The molecule has 2 N–H and O–H groups in total. The number of aliphatic hydroxyl groups excluding tert-OH is 1. The number of methoxy groups -OCH3 is 1. The Morgan fingerprint density at radius 2 is 1.67 bits per heavy atom. The largest absolute Gasteiger partial charge is 0.497 e. The molecular formula is C19H30N3O2+. The van der Waals surface area contributed by atoms with Crippen LogP contribution in [0.3, 0.4) is 0 Å². The van der Waals surface area contributed by atoms with Gasteiger partial charge in [-0.1, -0.05) is 0 Å². The maximum atomic E-state index is 10.9. The molecule has 0 fully saturated rings. The van der Waals surface area contributed by atoms with E-state index in [1.807, 2.05) is 36.7 Å². The van der Waals surface area contributed by atoms with Gasteiger partial charge in [-0.05, 0) is 65.8 Å². The van der Waals surface area contributed by atoms with Gasteiger partial charge in [0, 0.05) is 5.69 Å². The van der Waals surface area contributed by atoms with Gasteiger partial charge in [0.15, 0.2) is 0 Å². The first-order valence-corrected chi connectivity index (χ1v) is 8.26. The molecule has 0 aliphatic rings. The standard InChI is InChI=1S/C19H30N3O2/c1-18(2,3)21-12-13-22(19(4,5)6)17(21)16(23)20-14-8-10-15(24-7)11-9-14/h8-13,16,20,23H,1-7H3/q+1. The number of hydrogen-bond donors (Lipinski definition) is 2. The summed E-state index contributed by atoms with van der Waals surface area (Å²) in [7, 11) is 1.64. The quantitative estimate of drug-likeness (QED) is 0.666. The predicted octanol–water partition coefficient (Wildman–Crippen LogP) is 3.40. The van der Waals surface area contributed by atoms with Gasteiger partial charge in [-0.15, -0.1) is 0 Å². The normalized spacial score (nSPS) is 13.7. The second-order valence-electron chi connectivity index (χ2n) is 8.01. The summed E-state index contributed by atoms with van der Waals surface area (Å²) in [5.74, 6) is 1.61. The molecule has 132 valence electrons. The van der Waals surface area contributed by atoms with Gasteiger partial charge in [-0.3, -0.25) is 0 Å². The lowest BCUT2D eigenvalue weighted by Gasteiger charge is -2.24. The van der Waals surface area contributed by atoms with Crippen LogP contribution in [0.2, 0.25) is 0 Å². The molecule has 0 saturated heterocycles. The van der Waals surface area contributed by atoms with Crippen molar-refractivity contribution in [2.75, 3.05) is 12.4 Å². The zero-order valence-electron chi connectivity index (χ0n) is 15.8. The molecule has 0 saturated carbocycles. The van der Waals surface area contributed by atoms with Crippen molar-refractivity contribution in [3.05, 3.63) is 42.5 Å². The van der Waals surface area contributed by atoms with Gasteiger partial charge in [0.2, 0.25) is 6.23 Å². The minimum Gasteiger partial charge on any atom is -0.497 e. The maximum absolute atomic E-state index is 10.9. The Labute approximate surface area is 144 Å². The highest BCUT2D eigenvalue weighted by molar-refractivity contribution is 5.46. The molecule has 5 heteroatoms. The first kappa shape index (κ1) is 18.3. The Balaban J connectivity index is 2.39. The minimum atomic E-state index is -0.827. The maximum Gasteiger partial charge on any atom is 0.307 e. The van der Waals surface area contributed by atoms with Crippen molar-refractivity contribution in [3.8, 4) is 5.75 Å². The molecule has 2 rings (SSSR count). The molecule has 0 radical (unpaired) electrons. The molecular weight excluding hydrogens is 302 g/mol. The van der Waals surface area contributed by atoms with Crippen LogP contribution in [0.4, 0.5) is 5.69 Å². The molecule has 1 atom stereocenters. The Kier molecular flexibility index (Phi) is 4.95. The second kappa shape index (κ2) is 6.48. The van der Waals surface area contributed by atoms with Gasteiger partial charge >= 0.3 is 5.82 Å². The van der Waals surface area contributed by atoms with E-state index in [1.54, 1.807) is 7.11 Å². The van der Waals surface area contributed by atoms with Gasteiger partial charge < -0.3 is 15.2 Å². The van der Waals surface area contributed by atoms with E-state index in [4.69, 9.17) is 4.74 Å². The lowest BCUT2D eigenvalue weighted by molar-refractivity contribution is -0.762. The fraction of sp³-hybridized carbons (Fsp3) is 0.526. The fourth-order valence-electron chi connectivity index (χ4n) is 2.71. The molecule has 0 aliphatic carbocycles. The zero-order valence-corrected chi connectivity index (χ0v) is 15.8. The molecule has 0 aliphatic heterocycles. The molecule has 5 nitrogen and oxygen atoms in total. The van der Waals surface area contributed by atoms with Crippen molar-refractivity contribution in [1.82, 2.24) is 4.57 Å². The summed E-state index contributed by atoms with van der Waals surface area (Å²) in [5, 5.41) is 14.1. The van der Waals surface area contributed by atoms with Crippen LogP contribution in [0.1, 0.15) is 53.6 Å². The molecule has 1 aromatic heterocycles. The Hall–Kier alpha value is -2.01. The van der Waals surface area contributed by atoms with Crippen LogP contribution in [0, 0.1) is 0 Å². The average Bonchev–Trinajstić information content (AvgIpc) is 2.93. The van der Waals surface area contributed by atoms with Gasteiger partial charge in [-0.2, -0.15) is 0 Å². The number of imidazole rings is 1. The molecule has 24 heavy (non-hydrogen) atoms. The van der Waals surface area contributed by atoms with Crippen LogP contribution in [0.15, 0.2) is 36.7 Å². The van der Waals surface area contributed by atoms with Crippen molar-refractivity contribution in [2.45, 2.75) is 58.8 Å². The summed E-state index contributed by atoms with van der Waals surface area (Å²) in [6, 6.07) is 7.53. The summed E-state index contributed by atoms with van der Waals surface area (Å²) in [4.78, 5) is 0. The number of aromatic nitrogens is 2. The summed E-state index contributed by atoms with van der Waals surface area (Å²) in [6.45, 7) is 12.8. The number of ether oxygens (including phenoxy) is 1. The van der Waals surface area contributed by atoms with Crippen LogP contribution in [0.5, 0.6) is 5.75 Å². The summed E-state index contributed by atoms with van der Waals surface area (Å²) in [5.41, 5.74) is 0.577.